The molecule has 0 aromatic heterocycles. The lowest BCUT2D eigenvalue weighted by atomic mass is 10.1. The maximum absolute atomic E-state index is 3.47. The average molecular weight is 195 g/mol. The zero-order chi connectivity index (χ0) is 7.86. The first kappa shape index (κ1) is 12.2. The lowest BCUT2D eigenvalue weighted by Gasteiger charge is -2.03. The molecule has 9 heavy (non-hydrogen) atoms. The molecule has 0 aliphatic rings. The minimum atomic E-state index is 0.687. The van der Waals surface area contributed by atoms with E-state index in [1.54, 1.807) is 0 Å². The molecule has 0 nitrogen and oxygen atoms in total. The molecule has 0 aromatic rings. The Hall–Kier alpha value is 0.480. The van der Waals surface area contributed by atoms with Crippen LogP contribution in [0.5, 0.6) is 0 Å². The topological polar surface area (TPSA) is 0 Å². The van der Waals surface area contributed by atoms with Gasteiger partial charge in [-0.3, -0.25) is 0 Å². The van der Waals surface area contributed by atoms with Gasteiger partial charge in [0.05, 0.1) is 0 Å². The van der Waals surface area contributed by atoms with Crippen LogP contribution in [0.25, 0.3) is 0 Å². The van der Waals surface area contributed by atoms with Gasteiger partial charge in [-0.2, -0.15) is 0 Å². The van der Waals surface area contributed by atoms with Crippen molar-refractivity contribution >= 4 is 15.9 Å². The SMILES string of the molecule is CC.CC(C)CC(C)Br. The van der Waals surface area contributed by atoms with Crippen LogP contribution in [-0.4, -0.2) is 4.83 Å². The van der Waals surface area contributed by atoms with Crippen molar-refractivity contribution in [1.29, 1.82) is 0 Å². The fraction of sp³-hybridized carbons (Fsp3) is 1.00. The molecule has 0 bridgehead atoms. The Morgan fingerprint density at radius 3 is 1.44 bits per heavy atom. The third kappa shape index (κ3) is 17.7. The van der Waals surface area contributed by atoms with E-state index in [4.69, 9.17) is 0 Å². The van der Waals surface area contributed by atoms with E-state index in [1.807, 2.05) is 13.8 Å². The van der Waals surface area contributed by atoms with Crippen LogP contribution >= 0.6 is 15.9 Å². The van der Waals surface area contributed by atoms with E-state index in [2.05, 4.69) is 36.7 Å². The molecule has 0 radical (unpaired) electrons. The molecule has 0 spiro atoms. The molecule has 0 aliphatic heterocycles. The van der Waals surface area contributed by atoms with Gasteiger partial charge in [0.25, 0.3) is 0 Å². The maximum atomic E-state index is 3.47. The van der Waals surface area contributed by atoms with Crippen LogP contribution < -0.4 is 0 Å². The van der Waals surface area contributed by atoms with E-state index >= 15 is 0 Å². The molecule has 0 saturated carbocycles. The summed E-state index contributed by atoms with van der Waals surface area (Å²) < 4.78 is 0. The zero-order valence-corrected chi connectivity index (χ0v) is 8.83. The van der Waals surface area contributed by atoms with Crippen molar-refractivity contribution < 1.29 is 0 Å². The van der Waals surface area contributed by atoms with Crippen molar-refractivity contribution in [3.8, 4) is 0 Å². The summed E-state index contributed by atoms with van der Waals surface area (Å²) in [5.41, 5.74) is 0. The maximum Gasteiger partial charge on any atom is 0.0120 e. The van der Waals surface area contributed by atoms with E-state index < -0.39 is 0 Å². The molecule has 0 aromatic carbocycles. The summed E-state index contributed by atoms with van der Waals surface area (Å²) in [5.74, 6) is 0.828. The highest BCUT2D eigenvalue weighted by atomic mass is 79.9. The van der Waals surface area contributed by atoms with Crippen LogP contribution in [0.3, 0.4) is 0 Å². The van der Waals surface area contributed by atoms with Gasteiger partial charge in [-0.05, 0) is 12.3 Å². The fourth-order valence-electron chi connectivity index (χ4n) is 0.650. The minimum Gasteiger partial charge on any atom is -0.0894 e. The Kier molecular flexibility index (Phi) is 11.5. The fourth-order valence-corrected chi connectivity index (χ4v) is 1.40. The Balaban J connectivity index is 0. The van der Waals surface area contributed by atoms with Gasteiger partial charge in [0.2, 0.25) is 0 Å². The normalized spacial score (nSPS) is 12.3. The predicted octanol–water partition coefficient (Wildman–Crippen LogP) is 3.84. The van der Waals surface area contributed by atoms with Gasteiger partial charge in [0, 0.05) is 4.83 Å². The number of alkyl halides is 1. The molecule has 0 amide bonds. The smallest absolute Gasteiger partial charge is 0.0120 e. The molecular weight excluding hydrogens is 176 g/mol. The highest BCUT2D eigenvalue weighted by Gasteiger charge is 1.97. The second kappa shape index (κ2) is 8.48. The average Bonchev–Trinajstić information content (AvgIpc) is 1.68. The third-order valence-electron chi connectivity index (χ3n) is 0.796. The molecule has 58 valence electrons. The molecule has 0 N–H and O–H groups in total. The number of hydrogen-bond acceptors (Lipinski definition) is 0. The largest absolute Gasteiger partial charge is 0.0894 e. The Morgan fingerprint density at radius 1 is 1.11 bits per heavy atom. The molecule has 0 aliphatic carbocycles. The van der Waals surface area contributed by atoms with Crippen LogP contribution in [-0.2, 0) is 0 Å². The van der Waals surface area contributed by atoms with Gasteiger partial charge >= 0.3 is 0 Å². The number of hydrogen-bond donors (Lipinski definition) is 0. The molecule has 1 unspecified atom stereocenters. The summed E-state index contributed by atoms with van der Waals surface area (Å²) in [6, 6.07) is 0. The molecule has 0 heterocycles. The third-order valence-corrected chi connectivity index (χ3v) is 1.17. The van der Waals surface area contributed by atoms with E-state index in [0.29, 0.717) is 4.83 Å². The first-order chi connectivity index (χ1) is 4.13. The van der Waals surface area contributed by atoms with Crippen molar-refractivity contribution in [2.75, 3.05) is 0 Å². The molecule has 0 fully saturated rings. The predicted molar refractivity (Wildman–Crippen MR) is 49.2 cm³/mol. The number of rotatable bonds is 2. The molecule has 1 heteroatoms. The van der Waals surface area contributed by atoms with Crippen LogP contribution in [0.1, 0.15) is 41.0 Å². The summed E-state index contributed by atoms with van der Waals surface area (Å²) in [4.78, 5) is 0.687. The molecule has 0 rings (SSSR count). The lowest BCUT2D eigenvalue weighted by Crippen LogP contribution is -1.95. The van der Waals surface area contributed by atoms with Gasteiger partial charge < -0.3 is 0 Å². The molecule has 0 saturated heterocycles. The van der Waals surface area contributed by atoms with Gasteiger partial charge in [-0.15, -0.1) is 0 Å². The van der Waals surface area contributed by atoms with Crippen molar-refractivity contribution in [2.24, 2.45) is 5.92 Å². The molecular formula is C8H19Br. The van der Waals surface area contributed by atoms with Crippen molar-refractivity contribution in [3.05, 3.63) is 0 Å². The van der Waals surface area contributed by atoms with Gasteiger partial charge in [-0.1, -0.05) is 50.5 Å². The second-order valence-corrected chi connectivity index (χ2v) is 3.97. The second-order valence-electron chi connectivity index (χ2n) is 2.41. The van der Waals surface area contributed by atoms with E-state index in [1.165, 1.54) is 6.42 Å². The van der Waals surface area contributed by atoms with Gasteiger partial charge in [0.15, 0.2) is 0 Å². The standard InChI is InChI=1S/C6H13Br.C2H6/c1-5(2)4-6(3)7;1-2/h5-6H,4H2,1-3H3;1-2H3. The Bertz CT molecular complexity index is 33.8. The van der Waals surface area contributed by atoms with Crippen molar-refractivity contribution in [3.63, 3.8) is 0 Å². The monoisotopic (exact) mass is 194 g/mol. The zero-order valence-electron chi connectivity index (χ0n) is 7.24. The first-order valence-electron chi connectivity index (χ1n) is 3.77. The van der Waals surface area contributed by atoms with Crippen molar-refractivity contribution in [2.45, 2.75) is 45.9 Å². The summed E-state index contributed by atoms with van der Waals surface area (Å²) in [5, 5.41) is 0. The van der Waals surface area contributed by atoms with Crippen LogP contribution in [0.2, 0.25) is 0 Å². The van der Waals surface area contributed by atoms with Crippen LogP contribution in [0.4, 0.5) is 0 Å². The highest BCUT2D eigenvalue weighted by Crippen LogP contribution is 2.10. The summed E-state index contributed by atoms with van der Waals surface area (Å²) in [7, 11) is 0. The Morgan fingerprint density at radius 2 is 1.44 bits per heavy atom. The quantitative estimate of drug-likeness (QED) is 0.587. The van der Waals surface area contributed by atoms with Crippen LogP contribution in [0.15, 0.2) is 0 Å². The van der Waals surface area contributed by atoms with E-state index in [-0.39, 0.29) is 0 Å². The highest BCUT2D eigenvalue weighted by molar-refractivity contribution is 9.09. The summed E-state index contributed by atoms with van der Waals surface area (Å²) in [6.07, 6.45) is 1.28. The van der Waals surface area contributed by atoms with Crippen molar-refractivity contribution in [1.82, 2.24) is 0 Å². The van der Waals surface area contributed by atoms with E-state index in [9.17, 15) is 0 Å². The summed E-state index contributed by atoms with van der Waals surface area (Å²) >= 11 is 3.47. The van der Waals surface area contributed by atoms with E-state index in [0.717, 1.165) is 5.92 Å². The minimum absolute atomic E-state index is 0.687. The van der Waals surface area contributed by atoms with Gasteiger partial charge in [0.1, 0.15) is 0 Å². The first-order valence-corrected chi connectivity index (χ1v) is 4.68. The lowest BCUT2D eigenvalue weighted by molar-refractivity contribution is 0.589. The Labute approximate surface area is 68.2 Å². The summed E-state index contributed by atoms with van der Waals surface area (Å²) in [6.45, 7) is 10.6. The number of halogens is 1. The van der Waals surface area contributed by atoms with Crippen LogP contribution in [0, 0.1) is 5.92 Å². The van der Waals surface area contributed by atoms with Gasteiger partial charge in [-0.25, -0.2) is 0 Å². The molecule has 1 atom stereocenters.